The third kappa shape index (κ3) is 3.93. The van der Waals surface area contributed by atoms with E-state index in [-0.39, 0.29) is 18.0 Å². The number of rotatable bonds is 5. The lowest BCUT2D eigenvalue weighted by molar-refractivity contribution is -0.116. The fourth-order valence-corrected chi connectivity index (χ4v) is 3.12. The van der Waals surface area contributed by atoms with Gasteiger partial charge in [-0.15, -0.1) is 11.8 Å². The van der Waals surface area contributed by atoms with Gasteiger partial charge in [0.15, 0.2) is 0 Å². The zero-order valence-corrected chi connectivity index (χ0v) is 13.4. The molecule has 0 spiro atoms. The molecule has 104 valence electrons. The number of benzene rings is 2. The predicted octanol–water partition coefficient (Wildman–Crippen LogP) is 4.80. The van der Waals surface area contributed by atoms with Gasteiger partial charge in [-0.3, -0.25) is 4.79 Å². The first kappa shape index (κ1) is 15.3. The van der Waals surface area contributed by atoms with Crippen LogP contribution in [0.25, 0.3) is 0 Å². The molecule has 0 N–H and O–H groups in total. The smallest absolute Gasteiger partial charge is 0.147 e. The van der Waals surface area contributed by atoms with Crippen molar-refractivity contribution in [2.24, 2.45) is 0 Å². The Morgan fingerprint density at radius 1 is 1.20 bits per heavy atom. The largest absolute Gasteiger partial charge is 0.298 e. The van der Waals surface area contributed by atoms with Crippen LogP contribution in [0.4, 0.5) is 4.39 Å². The minimum atomic E-state index is -0.332. The Kier molecular flexibility index (Phi) is 5.38. The van der Waals surface area contributed by atoms with Crippen molar-refractivity contribution >= 4 is 33.5 Å². The number of carbonyl (C=O) groups excluding carboxylic acids is 1. The molecule has 0 fully saturated rings. The average Bonchev–Trinajstić information content (AvgIpc) is 2.43. The monoisotopic (exact) mass is 352 g/mol. The summed E-state index contributed by atoms with van der Waals surface area (Å²) in [7, 11) is 0. The Bertz CT molecular complexity index is 628. The standard InChI is InChI=1S/C16H14BrFOS/c1-11-5-2-3-8-15(11)20-10-13(19)9-12-6-4-7-14(18)16(12)17/h2-8H,9-10H2,1H3. The second-order valence-corrected chi connectivity index (χ2v) is 6.29. The molecular weight excluding hydrogens is 339 g/mol. The number of thioether (sulfide) groups is 1. The summed E-state index contributed by atoms with van der Waals surface area (Å²) in [5.74, 6) is 0.153. The summed E-state index contributed by atoms with van der Waals surface area (Å²) in [6, 6.07) is 12.7. The van der Waals surface area contributed by atoms with Gasteiger partial charge in [0, 0.05) is 11.3 Å². The molecule has 0 aliphatic carbocycles. The average molecular weight is 353 g/mol. The molecule has 0 aliphatic rings. The van der Waals surface area contributed by atoms with Crippen LogP contribution >= 0.6 is 27.7 Å². The fraction of sp³-hybridized carbons (Fsp3) is 0.188. The highest BCUT2D eigenvalue weighted by molar-refractivity contribution is 9.10. The van der Waals surface area contributed by atoms with E-state index in [4.69, 9.17) is 0 Å². The summed E-state index contributed by atoms with van der Waals surface area (Å²) in [6.45, 7) is 2.02. The van der Waals surface area contributed by atoms with Crippen LogP contribution in [0.2, 0.25) is 0 Å². The number of hydrogen-bond acceptors (Lipinski definition) is 2. The molecule has 2 rings (SSSR count). The molecule has 0 atom stereocenters. The van der Waals surface area contributed by atoms with Gasteiger partial charge in [0.1, 0.15) is 11.6 Å². The molecule has 0 unspecified atom stereocenters. The maximum absolute atomic E-state index is 13.4. The lowest BCUT2D eigenvalue weighted by Crippen LogP contribution is -2.06. The molecule has 0 saturated carbocycles. The Morgan fingerprint density at radius 3 is 2.70 bits per heavy atom. The van der Waals surface area contributed by atoms with Crippen molar-refractivity contribution in [2.75, 3.05) is 5.75 Å². The molecule has 0 bridgehead atoms. The molecule has 1 nitrogen and oxygen atoms in total. The second kappa shape index (κ2) is 7.04. The van der Waals surface area contributed by atoms with Crippen molar-refractivity contribution in [3.05, 3.63) is 63.9 Å². The molecule has 0 heterocycles. The van der Waals surface area contributed by atoms with E-state index in [1.165, 1.54) is 17.8 Å². The number of aryl methyl sites for hydroxylation is 1. The van der Waals surface area contributed by atoms with Crippen LogP contribution in [0.5, 0.6) is 0 Å². The molecule has 0 aliphatic heterocycles. The van der Waals surface area contributed by atoms with Gasteiger partial charge in [-0.1, -0.05) is 30.3 Å². The van der Waals surface area contributed by atoms with Gasteiger partial charge in [-0.2, -0.15) is 0 Å². The van der Waals surface area contributed by atoms with E-state index in [0.717, 1.165) is 10.5 Å². The van der Waals surface area contributed by atoms with Crippen LogP contribution in [0, 0.1) is 12.7 Å². The molecule has 0 aromatic heterocycles. The fourth-order valence-electron chi connectivity index (χ4n) is 1.83. The number of carbonyl (C=O) groups is 1. The Balaban J connectivity index is 1.96. The highest BCUT2D eigenvalue weighted by Gasteiger charge is 2.10. The van der Waals surface area contributed by atoms with Gasteiger partial charge < -0.3 is 0 Å². The molecular formula is C16H14BrFOS. The van der Waals surface area contributed by atoms with Crippen molar-refractivity contribution in [1.29, 1.82) is 0 Å². The van der Waals surface area contributed by atoms with Gasteiger partial charge in [-0.25, -0.2) is 4.39 Å². The summed E-state index contributed by atoms with van der Waals surface area (Å²) in [5.41, 5.74) is 1.86. The summed E-state index contributed by atoms with van der Waals surface area (Å²) in [4.78, 5) is 13.1. The number of ketones is 1. The summed E-state index contributed by atoms with van der Waals surface area (Å²) < 4.78 is 13.8. The van der Waals surface area contributed by atoms with E-state index in [0.29, 0.717) is 15.8 Å². The SMILES string of the molecule is Cc1ccccc1SCC(=O)Cc1cccc(F)c1Br. The first-order chi connectivity index (χ1) is 9.58. The zero-order chi connectivity index (χ0) is 14.5. The minimum Gasteiger partial charge on any atom is -0.298 e. The van der Waals surface area contributed by atoms with Crippen molar-refractivity contribution in [2.45, 2.75) is 18.2 Å². The van der Waals surface area contributed by atoms with Gasteiger partial charge in [0.25, 0.3) is 0 Å². The maximum atomic E-state index is 13.4. The normalized spacial score (nSPS) is 10.6. The van der Waals surface area contributed by atoms with Crippen molar-refractivity contribution in [3.63, 3.8) is 0 Å². The van der Waals surface area contributed by atoms with Crippen molar-refractivity contribution < 1.29 is 9.18 Å². The molecule has 2 aromatic rings. The van der Waals surface area contributed by atoms with E-state index in [1.807, 2.05) is 31.2 Å². The van der Waals surface area contributed by atoms with Gasteiger partial charge in [0.2, 0.25) is 0 Å². The first-order valence-electron chi connectivity index (χ1n) is 6.21. The summed E-state index contributed by atoms with van der Waals surface area (Å²) in [5, 5.41) is 0. The van der Waals surface area contributed by atoms with Crippen LogP contribution in [0.15, 0.2) is 51.8 Å². The Morgan fingerprint density at radius 2 is 1.95 bits per heavy atom. The van der Waals surface area contributed by atoms with Crippen LogP contribution in [0.3, 0.4) is 0 Å². The lowest BCUT2D eigenvalue weighted by atomic mass is 10.1. The van der Waals surface area contributed by atoms with E-state index in [1.54, 1.807) is 12.1 Å². The molecule has 20 heavy (non-hydrogen) atoms. The van der Waals surface area contributed by atoms with Crippen molar-refractivity contribution in [1.82, 2.24) is 0 Å². The van der Waals surface area contributed by atoms with E-state index in [9.17, 15) is 9.18 Å². The van der Waals surface area contributed by atoms with Gasteiger partial charge >= 0.3 is 0 Å². The Hall–Kier alpha value is -1.13. The van der Waals surface area contributed by atoms with Crippen LogP contribution < -0.4 is 0 Å². The van der Waals surface area contributed by atoms with Gasteiger partial charge in [-0.05, 0) is 46.1 Å². The highest BCUT2D eigenvalue weighted by Crippen LogP contribution is 2.24. The predicted molar refractivity (Wildman–Crippen MR) is 84.7 cm³/mol. The van der Waals surface area contributed by atoms with Crippen LogP contribution in [0.1, 0.15) is 11.1 Å². The van der Waals surface area contributed by atoms with E-state index >= 15 is 0 Å². The lowest BCUT2D eigenvalue weighted by Gasteiger charge is -2.06. The zero-order valence-electron chi connectivity index (χ0n) is 11.0. The van der Waals surface area contributed by atoms with E-state index < -0.39 is 0 Å². The van der Waals surface area contributed by atoms with Crippen LogP contribution in [-0.2, 0) is 11.2 Å². The highest BCUT2D eigenvalue weighted by atomic mass is 79.9. The third-order valence-electron chi connectivity index (χ3n) is 2.90. The maximum Gasteiger partial charge on any atom is 0.147 e. The second-order valence-electron chi connectivity index (χ2n) is 4.48. The van der Waals surface area contributed by atoms with Crippen LogP contribution in [-0.4, -0.2) is 11.5 Å². The molecule has 0 amide bonds. The number of hydrogen-bond donors (Lipinski definition) is 0. The first-order valence-corrected chi connectivity index (χ1v) is 7.99. The van der Waals surface area contributed by atoms with Crippen molar-refractivity contribution in [3.8, 4) is 0 Å². The number of Topliss-reactive ketones (excluding diaryl/α,β-unsaturated/α-hetero) is 1. The Labute approximate surface area is 130 Å². The third-order valence-corrected chi connectivity index (χ3v) is 5.02. The van der Waals surface area contributed by atoms with Gasteiger partial charge in [0.05, 0.1) is 10.2 Å². The summed E-state index contributed by atoms with van der Waals surface area (Å²) >= 11 is 4.71. The quantitative estimate of drug-likeness (QED) is 0.719. The molecule has 0 saturated heterocycles. The summed E-state index contributed by atoms with van der Waals surface area (Å²) in [6.07, 6.45) is 0.247. The topological polar surface area (TPSA) is 17.1 Å². The van der Waals surface area contributed by atoms with E-state index in [2.05, 4.69) is 15.9 Å². The molecule has 4 heteroatoms. The number of halogens is 2. The molecule has 2 aromatic carbocycles. The minimum absolute atomic E-state index is 0.0875. The molecule has 0 radical (unpaired) electrons.